The van der Waals surface area contributed by atoms with E-state index in [0.29, 0.717) is 37.0 Å². The van der Waals surface area contributed by atoms with E-state index in [1.165, 1.54) is 46.1 Å². The fourth-order valence-corrected chi connectivity index (χ4v) is 18.0. The average molecular weight is 1470 g/mol. The number of H-pyrrole nitrogens is 1. The van der Waals surface area contributed by atoms with E-state index < -0.39 is 5.97 Å². The fourth-order valence-electron chi connectivity index (χ4n) is 18.0. The number of Topliss-reactive ketones (excluding diaryl/α,β-unsaturated/α-hetero) is 1. The van der Waals surface area contributed by atoms with Gasteiger partial charge in [0.25, 0.3) is 0 Å². The number of aliphatic carboxylic acids is 1. The van der Waals surface area contributed by atoms with Crippen LogP contribution in [0, 0.1) is 17.7 Å². The number of halogens is 1. The van der Waals surface area contributed by atoms with Gasteiger partial charge in [-0.25, -0.2) is 33.7 Å². The number of aromatic nitrogens is 12. The molecule has 2 N–H and O–H groups in total. The Bertz CT molecular complexity index is 4930. The highest BCUT2D eigenvalue weighted by Gasteiger charge is 2.39. The number of hydrogen-bond donors (Lipinski definition) is 2. The molecular formula is C82H98FN15O10. The normalized spacial score (nSPS) is 21.9. The summed E-state index contributed by atoms with van der Waals surface area (Å²) in [6, 6.07) is 30.5. The monoisotopic (exact) mass is 1470 g/mol. The van der Waals surface area contributed by atoms with Gasteiger partial charge in [0.2, 0.25) is 0 Å². The lowest BCUT2D eigenvalue weighted by molar-refractivity contribution is -0.143. The van der Waals surface area contributed by atoms with Crippen LogP contribution in [0.25, 0.3) is 33.1 Å². The minimum atomic E-state index is -0.694. The van der Waals surface area contributed by atoms with Crippen LogP contribution in [-0.2, 0) is 75.8 Å². The number of tetrazole rings is 1. The van der Waals surface area contributed by atoms with Crippen LogP contribution in [0.4, 0.5) is 35.8 Å². The molecule has 568 valence electrons. The van der Waals surface area contributed by atoms with Gasteiger partial charge in [-0.3, -0.25) is 29.0 Å². The second-order valence-electron chi connectivity index (χ2n) is 30.2. The number of imidazole rings is 3. The Morgan fingerprint density at radius 3 is 1.52 bits per heavy atom. The van der Waals surface area contributed by atoms with Gasteiger partial charge in [0.1, 0.15) is 34.8 Å². The van der Waals surface area contributed by atoms with Gasteiger partial charge < -0.3 is 37.8 Å². The number of nitrogens with one attached hydrogen (secondary N) is 1. The van der Waals surface area contributed by atoms with E-state index in [-0.39, 0.29) is 71.9 Å². The Kier molecular flexibility index (Phi) is 22.1. The molecular weight excluding hydrogens is 1370 g/mol. The number of amides is 3. The van der Waals surface area contributed by atoms with Gasteiger partial charge in [0, 0.05) is 103 Å². The van der Waals surface area contributed by atoms with Crippen LogP contribution >= 0.6 is 0 Å². The lowest BCUT2D eigenvalue weighted by atomic mass is 9.83. The number of carboxylic acid groups (broad SMARTS) is 1. The SMILES string of the molecule is COC(=O)N1c2ccc3c(nc(CCc4ccn(C)n4)n3C3CCC(C(=O)O)CC3)c2CC[C@@H]1C.COC(=O)N1c2ccc3c(nc(Cc4cc(F)cc(OC)c4)n3[C@@H]3CCC[C@@H](C(C)=O)C3)c2CC[C@@H]1C.COC(=O)N1c2ccc3c(nc(Cc4ccccc4)n3C3CCC(c4nn[nH]n4)CC3)c2CC[C@@H]1C. The summed E-state index contributed by atoms with van der Waals surface area (Å²) in [6.45, 7) is 7.82. The van der Waals surface area contributed by atoms with E-state index in [4.69, 9.17) is 33.9 Å². The van der Waals surface area contributed by atoms with Gasteiger partial charge in [0.05, 0.1) is 90.2 Å². The van der Waals surface area contributed by atoms with E-state index in [9.17, 15) is 33.5 Å². The van der Waals surface area contributed by atoms with Crippen LogP contribution in [0.2, 0.25) is 0 Å². The molecule has 3 fully saturated rings. The summed E-state index contributed by atoms with van der Waals surface area (Å²) in [5, 5.41) is 28.8. The quantitative estimate of drug-likeness (QED) is 0.0957. The number of carbonyl (C=O) groups excluding carboxylic acids is 4. The zero-order chi connectivity index (χ0) is 75.6. The molecule has 0 bridgehead atoms. The average Bonchev–Trinajstić information content (AvgIpc) is 1.62. The predicted molar refractivity (Wildman–Crippen MR) is 408 cm³/mol. The van der Waals surface area contributed by atoms with Gasteiger partial charge in [-0.15, -0.1) is 10.2 Å². The zero-order valence-corrected chi connectivity index (χ0v) is 63.3. The molecule has 0 unspecified atom stereocenters. The second-order valence-corrected chi connectivity index (χ2v) is 30.2. The largest absolute Gasteiger partial charge is 0.497 e. The van der Waals surface area contributed by atoms with Crippen LogP contribution in [0.5, 0.6) is 5.75 Å². The summed E-state index contributed by atoms with van der Waals surface area (Å²) >= 11 is 0. The first-order valence-corrected chi connectivity index (χ1v) is 38.3. The molecule has 0 saturated heterocycles. The first kappa shape index (κ1) is 74.3. The molecule has 5 aromatic carbocycles. The predicted octanol–water partition coefficient (Wildman–Crippen LogP) is 15.2. The summed E-state index contributed by atoms with van der Waals surface area (Å²) in [5.41, 5.74) is 14.9. The molecule has 5 aromatic heterocycles. The Hall–Kier alpha value is -10.5. The van der Waals surface area contributed by atoms with Crippen molar-refractivity contribution in [1.82, 2.24) is 59.1 Å². The topological polar surface area (TPSA) is 278 Å². The Balaban J connectivity index is 0.000000136. The summed E-state index contributed by atoms with van der Waals surface area (Å²) in [6.07, 6.45) is 19.4. The smallest absolute Gasteiger partial charge is 0.414 e. The zero-order valence-electron chi connectivity index (χ0n) is 63.3. The van der Waals surface area contributed by atoms with Crippen molar-refractivity contribution in [2.24, 2.45) is 18.9 Å². The van der Waals surface area contributed by atoms with Gasteiger partial charge >= 0.3 is 24.2 Å². The molecule has 0 spiro atoms. The molecule has 8 heterocycles. The second kappa shape index (κ2) is 32.1. The third-order valence-electron chi connectivity index (χ3n) is 23.6. The molecule has 3 aliphatic carbocycles. The lowest BCUT2D eigenvalue weighted by Crippen LogP contribution is -2.42. The van der Waals surface area contributed by atoms with Crippen LogP contribution in [-0.4, -0.2) is 141 Å². The molecule has 16 rings (SSSR count). The summed E-state index contributed by atoms with van der Waals surface area (Å²) < 4.78 is 43.8. The molecule has 10 aromatic rings. The molecule has 26 heteroatoms. The number of nitrogens with zero attached hydrogens (tertiary/aromatic N) is 14. The molecule has 108 heavy (non-hydrogen) atoms. The highest BCUT2D eigenvalue weighted by atomic mass is 19.1. The van der Waals surface area contributed by atoms with E-state index in [1.807, 2.05) is 68.2 Å². The Morgan fingerprint density at radius 2 is 1.05 bits per heavy atom. The first-order chi connectivity index (χ1) is 52.3. The highest BCUT2D eigenvalue weighted by Crippen LogP contribution is 2.46. The molecule has 0 radical (unpaired) electrons. The van der Waals surface area contributed by atoms with Crippen molar-refractivity contribution < 1.29 is 52.4 Å². The number of ether oxygens (including phenoxy) is 4. The number of carbonyl (C=O) groups is 5. The maximum atomic E-state index is 14.3. The number of methoxy groups -OCH3 is 4. The summed E-state index contributed by atoms with van der Waals surface area (Å²) in [5.74, 6) is 3.48. The van der Waals surface area contributed by atoms with Crippen molar-refractivity contribution in [3.8, 4) is 5.75 Å². The summed E-state index contributed by atoms with van der Waals surface area (Å²) in [7, 11) is 7.70. The molecule has 3 saturated carbocycles. The number of hydrogen-bond acceptors (Lipinski definition) is 16. The third-order valence-corrected chi connectivity index (χ3v) is 23.6. The molecule has 25 nitrogen and oxygen atoms in total. The Morgan fingerprint density at radius 1 is 0.546 bits per heavy atom. The van der Waals surface area contributed by atoms with Gasteiger partial charge in [0.15, 0.2) is 5.82 Å². The van der Waals surface area contributed by atoms with E-state index in [0.717, 1.165) is 223 Å². The van der Waals surface area contributed by atoms with Crippen molar-refractivity contribution in [3.05, 3.63) is 160 Å². The number of fused-ring (bicyclic) bond motifs is 9. The number of ketones is 1. The molecule has 5 atom stereocenters. The minimum Gasteiger partial charge on any atom is -0.497 e. The molecule has 3 aliphatic heterocycles. The fraction of sp³-hybridized carbons (Fsp3) is 0.488. The standard InChI is InChI=1S/C29H34FN3O4.C27H31N7O2.C26H33N5O4/c1-17-8-9-24-25(32(17)29(35)37-4)10-11-26-28(24)31-27(14-19-12-21(30)16-23(13-19)36-3)33(26)22-7-5-6-20(15-22)18(2)34;1-17-8-13-21-22(33(17)27(35)36-2)14-15-23-25(21)28-24(16-18-6-4-3-5-7-18)34(23)20-11-9-19(10-12-20)26-29-31-32-30-26;1-16-4-10-20-21(30(16)26(34)35-3)11-12-22-24(20)27-23(13-7-18-14-15-29(2)28-18)31(22)19-8-5-17(6-9-19)25(32)33/h10-13,16-17,20,22H,5-9,14-15H2,1-4H3;3-7,14-15,17,19-20H,8-13,16H2,1-2H3,(H,29,30,31,32);11-12,14-17,19H,4-10,13H2,1-3H3,(H,32,33)/t17-,20+,22+;17-,19?,20?;16-,17?,19?/m000/s1. The van der Waals surface area contributed by atoms with E-state index >= 15 is 0 Å². The number of benzene rings is 5. The number of rotatable bonds is 14. The first-order valence-electron chi connectivity index (χ1n) is 38.3. The molecule has 6 aliphatic rings. The van der Waals surface area contributed by atoms with Crippen molar-refractivity contribution in [3.63, 3.8) is 0 Å². The van der Waals surface area contributed by atoms with Crippen LogP contribution in [0.3, 0.4) is 0 Å². The Labute approximate surface area is 627 Å². The molecule has 3 amide bonds. The van der Waals surface area contributed by atoms with E-state index in [2.05, 4.69) is 88.8 Å². The number of aryl methyl sites for hydroxylation is 6. The lowest BCUT2D eigenvalue weighted by Gasteiger charge is -2.34. The van der Waals surface area contributed by atoms with Gasteiger partial charge in [-0.1, -0.05) is 42.0 Å². The van der Waals surface area contributed by atoms with E-state index in [1.54, 1.807) is 21.6 Å². The van der Waals surface area contributed by atoms with Crippen molar-refractivity contribution >= 4 is 80.2 Å². The number of anilines is 3. The van der Waals surface area contributed by atoms with Gasteiger partial charge in [-0.2, -0.15) is 10.3 Å². The maximum absolute atomic E-state index is 14.3. The highest BCUT2D eigenvalue weighted by molar-refractivity contribution is 5.98. The minimum absolute atomic E-state index is 0.0217. The summed E-state index contributed by atoms with van der Waals surface area (Å²) in [4.78, 5) is 82.4. The van der Waals surface area contributed by atoms with Crippen LogP contribution in [0.15, 0.2) is 97.2 Å². The van der Waals surface area contributed by atoms with Gasteiger partial charge in [-0.05, 0) is 209 Å². The van der Waals surface area contributed by atoms with Crippen molar-refractivity contribution in [1.29, 1.82) is 0 Å². The van der Waals surface area contributed by atoms with Crippen molar-refractivity contribution in [2.75, 3.05) is 43.1 Å². The van der Waals surface area contributed by atoms with Crippen molar-refractivity contribution in [2.45, 2.75) is 211 Å². The third kappa shape index (κ3) is 15.0. The van der Waals surface area contributed by atoms with Crippen LogP contribution < -0.4 is 19.4 Å². The number of carboxylic acids is 1. The van der Waals surface area contributed by atoms with Crippen LogP contribution in [0.1, 0.15) is 205 Å². The maximum Gasteiger partial charge on any atom is 0.414 e. The number of aromatic amines is 1.